The first-order valence-corrected chi connectivity index (χ1v) is 9.92. The van der Waals surface area contributed by atoms with Crippen LogP contribution in [0.15, 0.2) is 54.6 Å². The van der Waals surface area contributed by atoms with Crippen molar-refractivity contribution in [2.75, 3.05) is 26.7 Å². The summed E-state index contributed by atoms with van der Waals surface area (Å²) in [6.07, 6.45) is 0.568. The summed E-state index contributed by atoms with van der Waals surface area (Å²) < 4.78 is 0. The maximum absolute atomic E-state index is 13.1. The van der Waals surface area contributed by atoms with Gasteiger partial charge in [-0.3, -0.25) is 14.5 Å². The van der Waals surface area contributed by atoms with Gasteiger partial charge in [-0.25, -0.2) is 0 Å². The Morgan fingerprint density at radius 3 is 2.43 bits per heavy atom. The highest BCUT2D eigenvalue weighted by molar-refractivity contribution is 5.97. The highest BCUT2D eigenvalue weighted by Crippen LogP contribution is 2.24. The van der Waals surface area contributed by atoms with Crippen molar-refractivity contribution in [3.8, 4) is 0 Å². The molecule has 2 atom stereocenters. The van der Waals surface area contributed by atoms with Crippen molar-refractivity contribution in [3.05, 3.63) is 71.3 Å². The van der Waals surface area contributed by atoms with Crippen LogP contribution in [0.25, 0.3) is 0 Å². The molecule has 5 nitrogen and oxygen atoms in total. The summed E-state index contributed by atoms with van der Waals surface area (Å²) in [7, 11) is 1.77. The number of rotatable bonds is 4. The Hall–Kier alpha value is -2.66. The summed E-state index contributed by atoms with van der Waals surface area (Å²) in [5.74, 6) is 0.126. The number of carbonyl (C=O) groups excluding carboxylic acids is 2. The summed E-state index contributed by atoms with van der Waals surface area (Å²) in [5, 5.41) is 0. The van der Waals surface area contributed by atoms with E-state index in [1.165, 1.54) is 11.1 Å². The number of benzene rings is 2. The van der Waals surface area contributed by atoms with E-state index >= 15 is 0 Å². The number of aryl methyl sites for hydroxylation is 1. The van der Waals surface area contributed by atoms with Gasteiger partial charge in [-0.15, -0.1) is 0 Å². The van der Waals surface area contributed by atoms with Crippen LogP contribution in [0.3, 0.4) is 0 Å². The van der Waals surface area contributed by atoms with Gasteiger partial charge in [0.1, 0.15) is 12.1 Å². The van der Waals surface area contributed by atoms with E-state index in [4.69, 9.17) is 0 Å². The molecule has 2 aromatic rings. The van der Waals surface area contributed by atoms with E-state index in [9.17, 15) is 9.59 Å². The van der Waals surface area contributed by atoms with Crippen molar-refractivity contribution in [1.82, 2.24) is 14.7 Å². The lowest BCUT2D eigenvalue weighted by molar-refractivity contribution is -0.164. The molecule has 5 heteroatoms. The molecule has 2 saturated heterocycles. The van der Waals surface area contributed by atoms with Gasteiger partial charge in [0.05, 0.1) is 0 Å². The van der Waals surface area contributed by atoms with Crippen LogP contribution in [0, 0.1) is 6.92 Å². The number of carbonyl (C=O) groups is 2. The van der Waals surface area contributed by atoms with Crippen LogP contribution in [0.2, 0.25) is 0 Å². The lowest BCUT2D eigenvalue weighted by Crippen LogP contribution is -2.69. The van der Waals surface area contributed by atoms with Gasteiger partial charge in [0.15, 0.2) is 0 Å². The molecular weight excluding hydrogens is 350 g/mol. The minimum atomic E-state index is -0.408. The van der Waals surface area contributed by atoms with E-state index in [0.29, 0.717) is 19.5 Å². The maximum Gasteiger partial charge on any atom is 0.247 e. The monoisotopic (exact) mass is 377 g/mol. The van der Waals surface area contributed by atoms with Gasteiger partial charge < -0.3 is 9.80 Å². The summed E-state index contributed by atoms with van der Waals surface area (Å²) in [6, 6.07) is 17.6. The van der Waals surface area contributed by atoms with Gasteiger partial charge in [0.25, 0.3) is 0 Å². The average molecular weight is 377 g/mol. The SMILES string of the molecule is Cc1cccc(CN2CCN3C(=O)[C@H](Cc4ccccc4)N(C)C(=O)[C@H]3C2)c1. The molecule has 2 heterocycles. The smallest absolute Gasteiger partial charge is 0.247 e. The van der Waals surface area contributed by atoms with Crippen molar-refractivity contribution < 1.29 is 9.59 Å². The number of nitrogens with zero attached hydrogens (tertiary/aromatic N) is 3. The second kappa shape index (κ2) is 7.76. The van der Waals surface area contributed by atoms with Gasteiger partial charge in [0, 0.05) is 39.6 Å². The van der Waals surface area contributed by atoms with Gasteiger partial charge in [-0.1, -0.05) is 60.2 Å². The fourth-order valence-electron chi connectivity index (χ4n) is 4.33. The van der Waals surface area contributed by atoms with E-state index < -0.39 is 6.04 Å². The zero-order valence-corrected chi connectivity index (χ0v) is 16.5. The number of hydrogen-bond acceptors (Lipinski definition) is 3. The third-order valence-corrected chi connectivity index (χ3v) is 5.89. The number of piperazine rings is 2. The number of hydrogen-bond donors (Lipinski definition) is 0. The van der Waals surface area contributed by atoms with E-state index in [0.717, 1.165) is 18.7 Å². The van der Waals surface area contributed by atoms with Crippen LogP contribution in [0.5, 0.6) is 0 Å². The Bertz CT molecular complexity index is 867. The molecule has 0 aromatic heterocycles. The Balaban J connectivity index is 1.47. The number of likely N-dealkylation sites (N-methyl/N-ethyl adjacent to an activating group) is 1. The lowest BCUT2D eigenvalue weighted by Gasteiger charge is -2.48. The molecule has 0 N–H and O–H groups in total. The zero-order chi connectivity index (χ0) is 19.7. The van der Waals surface area contributed by atoms with Crippen LogP contribution >= 0.6 is 0 Å². The first kappa shape index (κ1) is 18.7. The van der Waals surface area contributed by atoms with E-state index in [1.807, 2.05) is 35.2 Å². The summed E-state index contributed by atoms with van der Waals surface area (Å²) in [4.78, 5) is 32.0. The van der Waals surface area contributed by atoms with Crippen LogP contribution in [0.1, 0.15) is 16.7 Å². The normalized spacial score (nSPS) is 23.1. The highest BCUT2D eigenvalue weighted by atomic mass is 16.2. The van der Waals surface area contributed by atoms with E-state index in [-0.39, 0.29) is 17.9 Å². The third kappa shape index (κ3) is 3.67. The molecule has 2 aromatic carbocycles. The predicted molar refractivity (Wildman–Crippen MR) is 109 cm³/mol. The zero-order valence-electron chi connectivity index (χ0n) is 16.5. The van der Waals surface area contributed by atoms with Crippen molar-refractivity contribution >= 4 is 11.8 Å². The molecule has 0 bridgehead atoms. The predicted octanol–water partition coefficient (Wildman–Crippen LogP) is 2.09. The topological polar surface area (TPSA) is 43.9 Å². The van der Waals surface area contributed by atoms with E-state index in [2.05, 4.69) is 36.1 Å². The molecular formula is C23H27N3O2. The first-order valence-electron chi connectivity index (χ1n) is 9.92. The molecule has 4 rings (SSSR count). The molecule has 2 aliphatic rings. The largest absolute Gasteiger partial charge is 0.332 e. The number of amides is 2. The Morgan fingerprint density at radius 2 is 1.68 bits per heavy atom. The van der Waals surface area contributed by atoms with Crippen LogP contribution < -0.4 is 0 Å². The molecule has 0 aliphatic carbocycles. The summed E-state index contributed by atoms with van der Waals surface area (Å²) in [6.45, 7) is 4.91. The minimum Gasteiger partial charge on any atom is -0.332 e. The summed E-state index contributed by atoms with van der Waals surface area (Å²) >= 11 is 0. The van der Waals surface area contributed by atoms with Crippen LogP contribution in [-0.2, 0) is 22.6 Å². The third-order valence-electron chi connectivity index (χ3n) is 5.89. The van der Waals surface area contributed by atoms with Crippen molar-refractivity contribution in [2.24, 2.45) is 0 Å². The summed E-state index contributed by atoms with van der Waals surface area (Å²) in [5.41, 5.74) is 3.57. The van der Waals surface area contributed by atoms with E-state index in [1.54, 1.807) is 11.9 Å². The van der Waals surface area contributed by atoms with Crippen molar-refractivity contribution in [3.63, 3.8) is 0 Å². The van der Waals surface area contributed by atoms with Gasteiger partial charge in [-0.05, 0) is 18.1 Å². The Kier molecular flexibility index (Phi) is 5.18. The molecule has 2 fully saturated rings. The fourth-order valence-corrected chi connectivity index (χ4v) is 4.33. The minimum absolute atomic E-state index is 0.0504. The van der Waals surface area contributed by atoms with Gasteiger partial charge >= 0.3 is 0 Å². The molecule has 0 saturated carbocycles. The second-order valence-corrected chi connectivity index (χ2v) is 7.93. The standard InChI is InChI=1S/C23H27N3O2/c1-17-7-6-10-19(13-17)15-25-11-12-26-21(16-25)22(27)24(2)20(23(26)28)14-18-8-4-3-5-9-18/h3-10,13,20-21H,11-12,14-16H2,1-2H3/t20-,21+/m0/s1. The van der Waals surface area contributed by atoms with Crippen molar-refractivity contribution in [2.45, 2.75) is 32.0 Å². The number of fused-ring (bicyclic) bond motifs is 1. The molecule has 146 valence electrons. The average Bonchev–Trinajstić information content (AvgIpc) is 2.70. The Labute approximate surface area is 166 Å². The molecule has 2 amide bonds. The molecule has 0 spiro atoms. The van der Waals surface area contributed by atoms with Gasteiger partial charge in [0.2, 0.25) is 11.8 Å². The lowest BCUT2D eigenvalue weighted by atomic mass is 9.97. The molecule has 0 unspecified atom stereocenters. The first-order chi connectivity index (χ1) is 13.5. The maximum atomic E-state index is 13.1. The second-order valence-electron chi connectivity index (χ2n) is 7.93. The van der Waals surface area contributed by atoms with Crippen LogP contribution in [-0.4, -0.2) is 65.3 Å². The highest BCUT2D eigenvalue weighted by Gasteiger charge is 2.46. The quantitative estimate of drug-likeness (QED) is 0.820. The van der Waals surface area contributed by atoms with Crippen LogP contribution in [0.4, 0.5) is 0 Å². The molecule has 28 heavy (non-hydrogen) atoms. The fraction of sp³-hybridized carbons (Fsp3) is 0.391. The molecule has 0 radical (unpaired) electrons. The van der Waals surface area contributed by atoms with Gasteiger partial charge in [-0.2, -0.15) is 0 Å². The molecule has 2 aliphatic heterocycles. The van der Waals surface area contributed by atoms with Crippen molar-refractivity contribution in [1.29, 1.82) is 0 Å². The Morgan fingerprint density at radius 1 is 0.929 bits per heavy atom.